The van der Waals surface area contributed by atoms with Crippen molar-refractivity contribution in [3.8, 4) is 0 Å². The number of nitrogens with zero attached hydrogens (tertiary/aromatic N) is 2. The molecule has 1 saturated heterocycles. The van der Waals surface area contributed by atoms with Crippen molar-refractivity contribution in [1.29, 1.82) is 0 Å². The highest BCUT2D eigenvalue weighted by atomic mass is 35.5. The molecule has 28 heavy (non-hydrogen) atoms. The van der Waals surface area contributed by atoms with Gasteiger partial charge in [0.25, 0.3) is 0 Å². The highest BCUT2D eigenvalue weighted by Crippen LogP contribution is 2.45. The first-order chi connectivity index (χ1) is 13.2. The molecule has 2 aromatic rings. The summed E-state index contributed by atoms with van der Waals surface area (Å²) in [7, 11) is 2.14. The molecule has 1 aromatic heterocycles. The van der Waals surface area contributed by atoms with Gasteiger partial charge in [-0.3, -0.25) is 9.69 Å². The van der Waals surface area contributed by atoms with E-state index >= 15 is 0 Å². The molecular weight excluding hydrogens is 372 g/mol. The zero-order valence-electron chi connectivity index (χ0n) is 16.9. The molecule has 0 amide bonds. The first-order valence-electron chi connectivity index (χ1n) is 10.7. The lowest BCUT2D eigenvalue weighted by atomic mass is 9.72. The number of aromatic nitrogens is 1. The minimum atomic E-state index is 0. The Morgan fingerprint density at radius 3 is 2.79 bits per heavy atom. The standard InChI is InChI=1S/C23H30N2O2.ClH/c1-3-25-14-16(23(26)27-17-7-4-5-8-17)11-19-18-9-6-10-20-22(18)15(12-21(19)25)13-24(20)2;/h6,9-10,13,16-17,19,21H,3-5,7-8,11-12,14H2,1-2H3;1H/t16-,19-,21-;/m1./s1. The number of halogens is 1. The van der Waals surface area contributed by atoms with Gasteiger partial charge in [0.15, 0.2) is 0 Å². The van der Waals surface area contributed by atoms with Gasteiger partial charge in [0.05, 0.1) is 5.92 Å². The van der Waals surface area contributed by atoms with E-state index in [1.54, 1.807) is 0 Å². The number of aryl methyl sites for hydroxylation is 1. The largest absolute Gasteiger partial charge is 0.462 e. The Labute approximate surface area is 173 Å². The van der Waals surface area contributed by atoms with Crippen LogP contribution in [0.1, 0.15) is 56.1 Å². The molecule has 2 fully saturated rings. The van der Waals surface area contributed by atoms with E-state index in [0.29, 0.717) is 12.0 Å². The van der Waals surface area contributed by atoms with Crippen molar-refractivity contribution >= 4 is 29.3 Å². The van der Waals surface area contributed by atoms with E-state index in [9.17, 15) is 4.79 Å². The van der Waals surface area contributed by atoms with Crippen LogP contribution < -0.4 is 0 Å². The van der Waals surface area contributed by atoms with Gasteiger partial charge in [-0.25, -0.2) is 0 Å². The minimum absolute atomic E-state index is 0. The van der Waals surface area contributed by atoms with Crippen LogP contribution in [0.25, 0.3) is 10.9 Å². The number of rotatable bonds is 3. The Bertz CT molecular complexity index is 871. The smallest absolute Gasteiger partial charge is 0.310 e. The fourth-order valence-corrected chi connectivity index (χ4v) is 5.88. The summed E-state index contributed by atoms with van der Waals surface area (Å²) in [5.74, 6) is 0.482. The second-order valence-corrected chi connectivity index (χ2v) is 8.75. The molecule has 0 unspecified atom stereocenters. The lowest BCUT2D eigenvalue weighted by Gasteiger charge is -2.46. The zero-order chi connectivity index (χ0) is 18.5. The van der Waals surface area contributed by atoms with Crippen LogP contribution in [0, 0.1) is 5.92 Å². The Morgan fingerprint density at radius 2 is 2.04 bits per heavy atom. The van der Waals surface area contributed by atoms with E-state index in [1.165, 1.54) is 34.9 Å². The van der Waals surface area contributed by atoms with E-state index < -0.39 is 0 Å². The van der Waals surface area contributed by atoms with Crippen LogP contribution in [-0.2, 0) is 23.0 Å². The summed E-state index contributed by atoms with van der Waals surface area (Å²) in [5, 5.41) is 1.43. The van der Waals surface area contributed by atoms with Gasteiger partial charge < -0.3 is 9.30 Å². The Hall–Kier alpha value is -1.52. The van der Waals surface area contributed by atoms with Gasteiger partial charge in [-0.15, -0.1) is 12.4 Å². The van der Waals surface area contributed by atoms with Gasteiger partial charge in [0.2, 0.25) is 0 Å². The van der Waals surface area contributed by atoms with Crippen LogP contribution in [-0.4, -0.2) is 40.7 Å². The first kappa shape index (κ1) is 19.8. The molecule has 0 bridgehead atoms. The fourth-order valence-electron chi connectivity index (χ4n) is 5.88. The van der Waals surface area contributed by atoms with Crippen molar-refractivity contribution in [3.05, 3.63) is 35.5 Å². The molecule has 0 radical (unpaired) electrons. The predicted molar refractivity (Wildman–Crippen MR) is 114 cm³/mol. The number of fused-ring (bicyclic) bond motifs is 2. The first-order valence-corrected chi connectivity index (χ1v) is 10.7. The molecule has 2 heterocycles. The number of carbonyl (C=O) groups excluding carboxylic acids is 1. The number of esters is 1. The van der Waals surface area contributed by atoms with Crippen LogP contribution in [0.15, 0.2) is 24.4 Å². The highest BCUT2D eigenvalue weighted by Gasteiger charge is 2.43. The summed E-state index contributed by atoms with van der Waals surface area (Å²) in [6.45, 7) is 4.07. The average molecular weight is 403 g/mol. The maximum Gasteiger partial charge on any atom is 0.310 e. The molecule has 4 nitrogen and oxygen atoms in total. The van der Waals surface area contributed by atoms with Crippen molar-refractivity contribution in [2.45, 2.75) is 63.5 Å². The van der Waals surface area contributed by atoms with Gasteiger partial charge >= 0.3 is 5.97 Å². The summed E-state index contributed by atoms with van der Waals surface area (Å²) in [5.41, 5.74) is 4.23. The molecule has 0 spiro atoms. The van der Waals surface area contributed by atoms with E-state index in [1.807, 2.05) is 0 Å². The minimum Gasteiger partial charge on any atom is -0.462 e. The van der Waals surface area contributed by atoms with Crippen LogP contribution in [0.3, 0.4) is 0 Å². The third kappa shape index (κ3) is 3.15. The monoisotopic (exact) mass is 402 g/mol. The van der Waals surface area contributed by atoms with E-state index in [2.05, 4.69) is 47.8 Å². The number of hydrogen-bond donors (Lipinski definition) is 0. The molecule has 3 atom stereocenters. The summed E-state index contributed by atoms with van der Waals surface area (Å²) in [4.78, 5) is 15.5. The molecule has 5 rings (SSSR count). The third-order valence-electron chi connectivity index (χ3n) is 7.21. The molecule has 2 aliphatic carbocycles. The number of likely N-dealkylation sites (N-methyl/N-ethyl adjacent to an activating group) is 1. The second-order valence-electron chi connectivity index (χ2n) is 8.75. The fraction of sp³-hybridized carbons (Fsp3) is 0.609. The summed E-state index contributed by atoms with van der Waals surface area (Å²) in [6, 6.07) is 7.20. The van der Waals surface area contributed by atoms with Gasteiger partial charge in [-0.05, 0) is 62.3 Å². The van der Waals surface area contributed by atoms with Gasteiger partial charge in [0.1, 0.15) is 6.10 Å². The molecule has 0 N–H and O–H groups in total. The van der Waals surface area contributed by atoms with Crippen LogP contribution >= 0.6 is 12.4 Å². The molecule has 152 valence electrons. The van der Waals surface area contributed by atoms with E-state index in [-0.39, 0.29) is 30.4 Å². The zero-order valence-corrected chi connectivity index (χ0v) is 17.7. The van der Waals surface area contributed by atoms with Crippen molar-refractivity contribution in [2.24, 2.45) is 13.0 Å². The summed E-state index contributed by atoms with van der Waals surface area (Å²) < 4.78 is 8.16. The topological polar surface area (TPSA) is 34.5 Å². The maximum absolute atomic E-state index is 12.9. The molecule has 1 aliphatic heterocycles. The van der Waals surface area contributed by atoms with Gasteiger partial charge in [-0.1, -0.05) is 19.1 Å². The molecule has 1 saturated carbocycles. The maximum atomic E-state index is 12.9. The number of hydrogen-bond acceptors (Lipinski definition) is 3. The third-order valence-corrected chi connectivity index (χ3v) is 7.21. The summed E-state index contributed by atoms with van der Waals surface area (Å²) in [6.07, 6.45) is 9.00. The van der Waals surface area contributed by atoms with Crippen molar-refractivity contribution < 1.29 is 9.53 Å². The lowest BCUT2D eigenvalue weighted by Crippen LogP contribution is -2.51. The van der Waals surface area contributed by atoms with Crippen LogP contribution in [0.5, 0.6) is 0 Å². The Balaban J connectivity index is 0.00000192. The second kappa shape index (κ2) is 7.72. The molecule has 1 aromatic carbocycles. The van der Waals surface area contributed by atoms with Gasteiger partial charge in [-0.2, -0.15) is 0 Å². The summed E-state index contributed by atoms with van der Waals surface area (Å²) >= 11 is 0. The number of benzene rings is 1. The van der Waals surface area contributed by atoms with Crippen LogP contribution in [0.2, 0.25) is 0 Å². The van der Waals surface area contributed by atoms with E-state index in [0.717, 1.165) is 38.8 Å². The highest BCUT2D eigenvalue weighted by molar-refractivity contribution is 5.89. The van der Waals surface area contributed by atoms with Crippen molar-refractivity contribution in [3.63, 3.8) is 0 Å². The van der Waals surface area contributed by atoms with E-state index in [4.69, 9.17) is 4.74 Å². The number of ether oxygens (including phenoxy) is 1. The molecule has 3 aliphatic rings. The predicted octanol–water partition coefficient (Wildman–Crippen LogP) is 4.44. The Morgan fingerprint density at radius 1 is 1.25 bits per heavy atom. The normalized spacial score (nSPS) is 27.4. The van der Waals surface area contributed by atoms with Gasteiger partial charge in [0, 0.05) is 42.7 Å². The van der Waals surface area contributed by atoms with Crippen molar-refractivity contribution in [2.75, 3.05) is 13.1 Å². The van der Waals surface area contributed by atoms with Crippen molar-refractivity contribution in [1.82, 2.24) is 9.47 Å². The molecular formula is C23H31ClN2O2. The quantitative estimate of drug-likeness (QED) is 0.712. The van der Waals surface area contributed by atoms with Crippen LogP contribution in [0.4, 0.5) is 0 Å². The SMILES string of the molecule is CCN1C[C@H](C(=O)OC2CCCC2)C[C@@H]2c3cccc4c3c(cn4C)C[C@H]21.Cl. The number of piperidine rings is 1. The number of likely N-dealkylation sites (tertiary alicyclic amines) is 1. The average Bonchev–Trinajstić information content (AvgIpc) is 3.30. The molecule has 5 heteroatoms. The lowest BCUT2D eigenvalue weighted by molar-refractivity contribution is -0.156. The Kier molecular flexibility index (Phi) is 5.45. The number of carbonyl (C=O) groups is 1.